The molecule has 0 atom stereocenters. The fourth-order valence-corrected chi connectivity index (χ4v) is 3.89. The second-order valence-corrected chi connectivity index (χ2v) is 7.44. The Labute approximate surface area is 168 Å². The van der Waals surface area contributed by atoms with Crippen LogP contribution >= 0.6 is 0 Å². The molecular formula is C21H23FN4O3. The number of nitrogens with zero attached hydrogens (tertiary/aromatic N) is 2. The fourth-order valence-electron chi connectivity index (χ4n) is 3.89. The normalized spacial score (nSPS) is 17.2. The van der Waals surface area contributed by atoms with Crippen molar-refractivity contribution >= 4 is 17.8 Å². The van der Waals surface area contributed by atoms with E-state index in [-0.39, 0.29) is 29.1 Å². The Morgan fingerprint density at radius 3 is 2.72 bits per heavy atom. The van der Waals surface area contributed by atoms with Crippen LogP contribution < -0.4 is 15.4 Å². The van der Waals surface area contributed by atoms with Crippen LogP contribution in [-0.4, -0.2) is 47.6 Å². The van der Waals surface area contributed by atoms with Gasteiger partial charge in [0.1, 0.15) is 28.7 Å². The quantitative estimate of drug-likeness (QED) is 0.815. The topological polar surface area (TPSA) is 83.6 Å². The summed E-state index contributed by atoms with van der Waals surface area (Å²) in [6, 6.07) is 9.32. The van der Waals surface area contributed by atoms with E-state index in [0.717, 1.165) is 18.4 Å². The third-order valence-corrected chi connectivity index (χ3v) is 5.61. The number of rotatable bonds is 2. The maximum atomic E-state index is 13.6. The van der Waals surface area contributed by atoms with Crippen LogP contribution in [0.15, 0.2) is 36.4 Å². The van der Waals surface area contributed by atoms with Crippen molar-refractivity contribution < 1.29 is 18.7 Å². The summed E-state index contributed by atoms with van der Waals surface area (Å²) >= 11 is 0. The Hall–Kier alpha value is -3.16. The summed E-state index contributed by atoms with van der Waals surface area (Å²) in [5, 5.41) is 5.26. The molecule has 1 fully saturated rings. The maximum Gasteiger partial charge on any atom is 0.323 e. The molecular weight excluding hydrogens is 375 g/mol. The molecule has 0 aliphatic carbocycles. The van der Waals surface area contributed by atoms with Gasteiger partial charge in [0, 0.05) is 39.0 Å². The zero-order valence-electron chi connectivity index (χ0n) is 16.2. The van der Waals surface area contributed by atoms with E-state index in [9.17, 15) is 14.0 Å². The minimum absolute atomic E-state index is 0.240. The molecule has 3 amide bonds. The highest BCUT2D eigenvalue weighted by molar-refractivity contribution is 5.93. The van der Waals surface area contributed by atoms with E-state index >= 15 is 0 Å². The molecule has 0 unspecified atom stereocenters. The van der Waals surface area contributed by atoms with Crippen molar-refractivity contribution in [3.8, 4) is 5.75 Å². The van der Waals surface area contributed by atoms with Gasteiger partial charge >= 0.3 is 6.03 Å². The van der Waals surface area contributed by atoms with E-state index in [2.05, 4.69) is 15.6 Å². The standard InChI is InChI=1S/C21H23FN4O3/c1-23-19(27)16-3-2-4-18(24-16)25-20(28)26-11-9-21(10-12-26)8-7-14-5-6-15(22)13-17(14)29-21/h2-6,13H,7-12H2,1H3,(H,23,27)(H,24,25,28). The maximum absolute atomic E-state index is 13.6. The van der Waals surface area contributed by atoms with Gasteiger partial charge in [0.25, 0.3) is 5.91 Å². The summed E-state index contributed by atoms with van der Waals surface area (Å²) in [6.45, 7) is 1.07. The number of urea groups is 1. The van der Waals surface area contributed by atoms with Crippen molar-refractivity contribution in [3.63, 3.8) is 0 Å². The molecule has 1 spiro atoms. The van der Waals surface area contributed by atoms with Gasteiger partial charge in [-0.3, -0.25) is 10.1 Å². The molecule has 1 saturated heterocycles. The van der Waals surface area contributed by atoms with Crippen molar-refractivity contribution in [3.05, 3.63) is 53.5 Å². The van der Waals surface area contributed by atoms with E-state index in [1.54, 1.807) is 29.2 Å². The minimum atomic E-state index is -0.352. The van der Waals surface area contributed by atoms with Gasteiger partial charge in [-0.15, -0.1) is 0 Å². The number of halogens is 1. The number of likely N-dealkylation sites (tertiary alicyclic amines) is 1. The third-order valence-electron chi connectivity index (χ3n) is 5.61. The van der Waals surface area contributed by atoms with E-state index in [0.29, 0.717) is 37.5 Å². The molecule has 7 nitrogen and oxygen atoms in total. The number of ether oxygens (including phenoxy) is 1. The first-order chi connectivity index (χ1) is 14.0. The van der Waals surface area contributed by atoms with Crippen LogP contribution in [0.4, 0.5) is 15.0 Å². The molecule has 2 aliphatic heterocycles. The highest BCUT2D eigenvalue weighted by atomic mass is 19.1. The number of benzene rings is 1. The number of amides is 3. The third kappa shape index (κ3) is 4.01. The van der Waals surface area contributed by atoms with Gasteiger partial charge < -0.3 is 15.0 Å². The average Bonchev–Trinajstić information content (AvgIpc) is 2.73. The molecule has 29 heavy (non-hydrogen) atoms. The van der Waals surface area contributed by atoms with Crippen LogP contribution in [0.1, 0.15) is 35.3 Å². The first kappa shape index (κ1) is 19.2. The number of anilines is 1. The molecule has 152 valence electrons. The van der Waals surface area contributed by atoms with E-state index in [1.165, 1.54) is 19.2 Å². The van der Waals surface area contributed by atoms with Gasteiger partial charge in [-0.25, -0.2) is 14.2 Å². The lowest BCUT2D eigenvalue weighted by atomic mass is 9.83. The second kappa shape index (κ2) is 7.69. The lowest BCUT2D eigenvalue weighted by Crippen LogP contribution is -2.52. The second-order valence-electron chi connectivity index (χ2n) is 7.44. The number of aromatic nitrogens is 1. The first-order valence-electron chi connectivity index (χ1n) is 9.71. The number of fused-ring (bicyclic) bond motifs is 1. The molecule has 3 heterocycles. The smallest absolute Gasteiger partial charge is 0.323 e. The van der Waals surface area contributed by atoms with Gasteiger partial charge in [-0.05, 0) is 36.6 Å². The summed E-state index contributed by atoms with van der Waals surface area (Å²) < 4.78 is 19.7. The zero-order valence-corrected chi connectivity index (χ0v) is 16.2. The first-order valence-corrected chi connectivity index (χ1v) is 9.71. The molecule has 1 aromatic heterocycles. The van der Waals surface area contributed by atoms with Crippen LogP contribution in [0.3, 0.4) is 0 Å². The molecule has 0 bridgehead atoms. The number of nitrogens with one attached hydrogen (secondary N) is 2. The highest BCUT2D eigenvalue weighted by Gasteiger charge is 2.40. The highest BCUT2D eigenvalue weighted by Crippen LogP contribution is 2.39. The van der Waals surface area contributed by atoms with E-state index < -0.39 is 0 Å². The Morgan fingerprint density at radius 1 is 1.17 bits per heavy atom. The molecule has 2 aliphatic rings. The molecule has 8 heteroatoms. The number of carbonyl (C=O) groups is 2. The van der Waals surface area contributed by atoms with Crippen LogP contribution in [-0.2, 0) is 6.42 Å². The zero-order chi connectivity index (χ0) is 20.4. The molecule has 4 rings (SSSR count). The van der Waals surface area contributed by atoms with Crippen molar-refractivity contribution in [1.82, 2.24) is 15.2 Å². The van der Waals surface area contributed by atoms with Crippen LogP contribution in [0, 0.1) is 5.82 Å². The Kier molecular flexibility index (Phi) is 5.08. The number of pyridine rings is 1. The van der Waals surface area contributed by atoms with E-state index in [4.69, 9.17) is 4.74 Å². The molecule has 2 aromatic rings. The van der Waals surface area contributed by atoms with E-state index in [1.807, 2.05) is 0 Å². The van der Waals surface area contributed by atoms with Gasteiger partial charge in [-0.1, -0.05) is 12.1 Å². The molecule has 1 aromatic carbocycles. The minimum Gasteiger partial charge on any atom is -0.487 e. The van der Waals surface area contributed by atoms with Crippen LogP contribution in [0.2, 0.25) is 0 Å². The summed E-state index contributed by atoms with van der Waals surface area (Å²) in [5.74, 6) is 0.329. The van der Waals surface area contributed by atoms with Crippen molar-refractivity contribution in [2.24, 2.45) is 0 Å². The predicted octanol–water partition coefficient (Wildman–Crippen LogP) is 2.97. The predicted molar refractivity (Wildman–Crippen MR) is 106 cm³/mol. The van der Waals surface area contributed by atoms with Gasteiger partial charge in [0.15, 0.2) is 0 Å². The van der Waals surface area contributed by atoms with Crippen molar-refractivity contribution in [2.75, 3.05) is 25.5 Å². The molecule has 2 N–H and O–H groups in total. The summed E-state index contributed by atoms with van der Waals surface area (Å²) in [7, 11) is 1.53. The number of piperidine rings is 1. The average molecular weight is 398 g/mol. The number of hydrogen-bond acceptors (Lipinski definition) is 4. The van der Waals surface area contributed by atoms with Crippen molar-refractivity contribution in [1.29, 1.82) is 0 Å². The SMILES string of the molecule is CNC(=O)c1cccc(NC(=O)N2CCC3(CCc4ccc(F)cc4O3)CC2)n1. The number of carbonyl (C=O) groups excluding carboxylic acids is 2. The Balaban J connectivity index is 1.37. The monoisotopic (exact) mass is 398 g/mol. The van der Waals surface area contributed by atoms with Crippen LogP contribution in [0.5, 0.6) is 5.75 Å². The fraction of sp³-hybridized carbons (Fsp3) is 0.381. The molecule has 0 radical (unpaired) electrons. The lowest BCUT2D eigenvalue weighted by Gasteiger charge is -2.44. The lowest BCUT2D eigenvalue weighted by molar-refractivity contribution is -0.00460. The Morgan fingerprint density at radius 2 is 1.97 bits per heavy atom. The summed E-state index contributed by atoms with van der Waals surface area (Å²) in [5.41, 5.74) is 0.915. The summed E-state index contributed by atoms with van der Waals surface area (Å²) in [4.78, 5) is 30.2. The Bertz CT molecular complexity index is 941. The van der Waals surface area contributed by atoms with Gasteiger partial charge in [0.2, 0.25) is 0 Å². The van der Waals surface area contributed by atoms with Crippen LogP contribution in [0.25, 0.3) is 0 Å². The number of hydrogen-bond donors (Lipinski definition) is 2. The summed E-state index contributed by atoms with van der Waals surface area (Å²) in [6.07, 6.45) is 3.07. The number of aryl methyl sites for hydroxylation is 1. The molecule has 0 saturated carbocycles. The van der Waals surface area contributed by atoms with Gasteiger partial charge in [-0.2, -0.15) is 0 Å². The largest absolute Gasteiger partial charge is 0.487 e. The van der Waals surface area contributed by atoms with Crippen molar-refractivity contribution in [2.45, 2.75) is 31.3 Å². The van der Waals surface area contributed by atoms with Gasteiger partial charge in [0.05, 0.1) is 0 Å².